The summed E-state index contributed by atoms with van der Waals surface area (Å²) in [6, 6.07) is 1.66. The maximum atomic E-state index is 12.2. The third kappa shape index (κ3) is 3.51. The molecule has 0 radical (unpaired) electrons. The monoisotopic (exact) mass is 276 g/mol. The second kappa shape index (κ2) is 5.95. The van der Waals surface area contributed by atoms with Gasteiger partial charge in [-0.3, -0.25) is 0 Å². The molecule has 1 aromatic heterocycles. The van der Waals surface area contributed by atoms with E-state index in [0.717, 1.165) is 12.0 Å². The van der Waals surface area contributed by atoms with Crippen LogP contribution in [0.2, 0.25) is 0 Å². The average Bonchev–Trinajstić information content (AvgIpc) is 2.77. The molecule has 0 saturated heterocycles. The molecule has 0 aliphatic rings. The highest BCUT2D eigenvalue weighted by Gasteiger charge is 2.23. The molecule has 98 valence electrons. The Hall–Kier alpha value is -0.430. The molecule has 1 rings (SSSR count). The summed E-state index contributed by atoms with van der Waals surface area (Å²) in [6.07, 6.45) is 0.971. The van der Waals surface area contributed by atoms with Crippen LogP contribution in [0.5, 0.6) is 0 Å². The first-order chi connectivity index (χ1) is 7.91. The van der Waals surface area contributed by atoms with Gasteiger partial charge in [0.05, 0.1) is 0 Å². The normalized spacial score (nSPS) is 14.2. The highest BCUT2D eigenvalue weighted by Crippen LogP contribution is 2.23. The maximum absolute atomic E-state index is 12.2. The Morgan fingerprint density at radius 1 is 1.53 bits per heavy atom. The van der Waals surface area contributed by atoms with Gasteiger partial charge < -0.3 is 5.73 Å². The van der Waals surface area contributed by atoms with Crippen molar-refractivity contribution in [1.82, 2.24) is 4.31 Å². The van der Waals surface area contributed by atoms with E-state index in [2.05, 4.69) is 6.92 Å². The summed E-state index contributed by atoms with van der Waals surface area (Å²) in [5.74, 6) is 0.365. The summed E-state index contributed by atoms with van der Waals surface area (Å²) in [5.41, 5.74) is 6.35. The zero-order valence-corrected chi connectivity index (χ0v) is 12.1. The van der Waals surface area contributed by atoms with Gasteiger partial charge in [-0.25, -0.2) is 8.42 Å². The van der Waals surface area contributed by atoms with E-state index in [9.17, 15) is 8.42 Å². The van der Waals surface area contributed by atoms with E-state index in [1.165, 1.54) is 15.6 Å². The first kappa shape index (κ1) is 14.6. The lowest BCUT2D eigenvalue weighted by atomic mass is 10.1. The van der Waals surface area contributed by atoms with Gasteiger partial charge in [0, 0.05) is 20.1 Å². The van der Waals surface area contributed by atoms with Crippen LogP contribution in [0.25, 0.3) is 0 Å². The number of hydrogen-bond donors (Lipinski definition) is 1. The Bertz CT molecular complexity index is 454. The van der Waals surface area contributed by atoms with Gasteiger partial charge in [-0.1, -0.05) is 20.3 Å². The van der Waals surface area contributed by atoms with Gasteiger partial charge in [-0.15, -0.1) is 11.3 Å². The van der Waals surface area contributed by atoms with Crippen LogP contribution in [0.4, 0.5) is 0 Å². The van der Waals surface area contributed by atoms with E-state index >= 15 is 0 Å². The van der Waals surface area contributed by atoms with Crippen molar-refractivity contribution in [3.05, 3.63) is 17.0 Å². The molecule has 0 spiro atoms. The zero-order chi connectivity index (χ0) is 13.1. The topological polar surface area (TPSA) is 63.4 Å². The van der Waals surface area contributed by atoms with Crippen LogP contribution in [0.15, 0.2) is 15.7 Å². The molecule has 1 atom stereocenters. The molecule has 0 aliphatic carbocycles. The number of hydrogen-bond acceptors (Lipinski definition) is 4. The van der Waals surface area contributed by atoms with E-state index in [4.69, 9.17) is 5.73 Å². The maximum Gasteiger partial charge on any atom is 0.252 e. The Labute approximate surface area is 107 Å². The molecular weight excluding hydrogens is 256 g/mol. The lowest BCUT2D eigenvalue weighted by Crippen LogP contribution is -2.30. The summed E-state index contributed by atoms with van der Waals surface area (Å²) in [7, 11) is -1.71. The van der Waals surface area contributed by atoms with Gasteiger partial charge in [0.25, 0.3) is 10.0 Å². The fraction of sp³-hybridized carbons (Fsp3) is 0.636. The fourth-order valence-corrected chi connectivity index (χ4v) is 4.14. The van der Waals surface area contributed by atoms with Gasteiger partial charge in [0.15, 0.2) is 0 Å². The second-order valence-corrected chi connectivity index (χ2v) is 7.46. The second-order valence-electron chi connectivity index (χ2n) is 4.28. The van der Waals surface area contributed by atoms with Gasteiger partial charge in [0.2, 0.25) is 0 Å². The summed E-state index contributed by atoms with van der Waals surface area (Å²) in [5, 5.41) is 1.80. The lowest BCUT2D eigenvalue weighted by Gasteiger charge is -2.19. The van der Waals surface area contributed by atoms with Crippen molar-refractivity contribution >= 4 is 21.4 Å². The predicted molar refractivity (Wildman–Crippen MR) is 71.5 cm³/mol. The van der Waals surface area contributed by atoms with E-state index in [1.807, 2.05) is 6.92 Å². The minimum Gasteiger partial charge on any atom is -0.326 e. The first-order valence-electron chi connectivity index (χ1n) is 5.65. The number of thiophene rings is 1. The number of sulfonamides is 1. The largest absolute Gasteiger partial charge is 0.326 e. The van der Waals surface area contributed by atoms with Crippen LogP contribution in [0.1, 0.15) is 25.8 Å². The minimum atomic E-state index is -3.34. The van der Waals surface area contributed by atoms with Gasteiger partial charge >= 0.3 is 0 Å². The van der Waals surface area contributed by atoms with E-state index < -0.39 is 10.0 Å². The summed E-state index contributed by atoms with van der Waals surface area (Å²) < 4.78 is 26.2. The SMILES string of the molecule is CCC(C)CN(C)S(=O)(=O)c1cc(CN)cs1. The zero-order valence-electron chi connectivity index (χ0n) is 10.5. The number of nitrogens with zero attached hydrogens (tertiary/aromatic N) is 1. The molecule has 0 fully saturated rings. The summed E-state index contributed by atoms with van der Waals surface area (Å²) in [4.78, 5) is 0. The van der Waals surface area contributed by atoms with Crippen LogP contribution in [0, 0.1) is 5.92 Å². The Balaban J connectivity index is 2.87. The van der Waals surface area contributed by atoms with Crippen molar-refractivity contribution in [2.75, 3.05) is 13.6 Å². The highest BCUT2D eigenvalue weighted by atomic mass is 32.2. The molecule has 0 saturated carbocycles. The molecule has 1 heterocycles. The van der Waals surface area contributed by atoms with Gasteiger partial charge in [-0.05, 0) is 22.9 Å². The molecule has 1 aromatic rings. The van der Waals surface area contributed by atoms with Crippen LogP contribution in [-0.4, -0.2) is 26.3 Å². The molecule has 1 unspecified atom stereocenters. The third-order valence-electron chi connectivity index (χ3n) is 2.80. The minimum absolute atomic E-state index is 0.365. The predicted octanol–water partition coefficient (Wildman–Crippen LogP) is 1.87. The molecule has 0 aliphatic heterocycles. The highest BCUT2D eigenvalue weighted by molar-refractivity contribution is 7.91. The Morgan fingerprint density at radius 2 is 2.18 bits per heavy atom. The fourth-order valence-electron chi connectivity index (χ4n) is 1.42. The molecule has 4 nitrogen and oxygen atoms in total. The Kier molecular flexibility index (Phi) is 5.12. The quantitative estimate of drug-likeness (QED) is 0.862. The van der Waals surface area contributed by atoms with Crippen LogP contribution in [0.3, 0.4) is 0 Å². The molecule has 0 aromatic carbocycles. The first-order valence-corrected chi connectivity index (χ1v) is 7.97. The van der Waals surface area contributed by atoms with Gasteiger partial charge in [-0.2, -0.15) is 4.31 Å². The van der Waals surface area contributed by atoms with E-state index in [-0.39, 0.29) is 0 Å². The average molecular weight is 276 g/mol. The molecule has 0 amide bonds. The van der Waals surface area contributed by atoms with Crippen molar-refractivity contribution in [2.45, 2.75) is 31.0 Å². The van der Waals surface area contributed by atoms with Crippen molar-refractivity contribution in [1.29, 1.82) is 0 Å². The molecule has 6 heteroatoms. The van der Waals surface area contributed by atoms with E-state index in [1.54, 1.807) is 18.5 Å². The van der Waals surface area contributed by atoms with E-state index in [0.29, 0.717) is 23.2 Å². The standard InChI is InChI=1S/C11H20N2O2S2/c1-4-9(2)7-13(3)17(14,15)11-5-10(6-12)8-16-11/h5,8-9H,4,6-7,12H2,1-3H3. The molecule has 0 bridgehead atoms. The molecule has 2 N–H and O–H groups in total. The summed E-state index contributed by atoms with van der Waals surface area (Å²) in [6.45, 7) is 5.03. The number of nitrogens with two attached hydrogens (primary N) is 1. The van der Waals surface area contributed by atoms with Crippen LogP contribution < -0.4 is 5.73 Å². The summed E-state index contributed by atoms with van der Waals surface area (Å²) >= 11 is 1.23. The third-order valence-corrected chi connectivity index (χ3v) is 6.08. The van der Waals surface area contributed by atoms with Crippen LogP contribution in [-0.2, 0) is 16.6 Å². The Morgan fingerprint density at radius 3 is 2.65 bits per heavy atom. The smallest absolute Gasteiger partial charge is 0.252 e. The lowest BCUT2D eigenvalue weighted by molar-refractivity contribution is 0.394. The van der Waals surface area contributed by atoms with Crippen molar-refractivity contribution < 1.29 is 8.42 Å². The van der Waals surface area contributed by atoms with Gasteiger partial charge in [0.1, 0.15) is 4.21 Å². The van der Waals surface area contributed by atoms with Crippen molar-refractivity contribution in [3.8, 4) is 0 Å². The van der Waals surface area contributed by atoms with Crippen LogP contribution >= 0.6 is 11.3 Å². The number of rotatable bonds is 6. The van der Waals surface area contributed by atoms with Crippen molar-refractivity contribution in [2.24, 2.45) is 11.7 Å². The molecule has 17 heavy (non-hydrogen) atoms. The van der Waals surface area contributed by atoms with Crippen molar-refractivity contribution in [3.63, 3.8) is 0 Å². The molecular formula is C11H20N2O2S2.